The normalized spacial score (nSPS) is 18.7. The van der Waals surface area contributed by atoms with E-state index in [0.29, 0.717) is 57.4 Å². The summed E-state index contributed by atoms with van der Waals surface area (Å²) in [5.41, 5.74) is 3.67. The molecule has 1 aromatic carbocycles. The predicted molar refractivity (Wildman–Crippen MR) is 170 cm³/mol. The maximum absolute atomic E-state index is 14.0. The Kier molecular flexibility index (Phi) is 11.6. The molecule has 2 amide bonds. The molecule has 2 aliphatic heterocycles. The van der Waals surface area contributed by atoms with Gasteiger partial charge >= 0.3 is 0 Å². The van der Waals surface area contributed by atoms with Crippen molar-refractivity contribution in [2.45, 2.75) is 64.0 Å². The van der Waals surface area contributed by atoms with Crippen LogP contribution >= 0.6 is 0 Å². The molecular weight excluding hydrogens is 590 g/mol. The molecule has 46 heavy (non-hydrogen) atoms. The molecule has 12 nitrogen and oxygen atoms in total. The number of nitrogens with zero attached hydrogens (tertiary/aromatic N) is 5. The van der Waals surface area contributed by atoms with Crippen LogP contribution in [0.1, 0.15) is 60.1 Å². The first-order valence-electron chi connectivity index (χ1n) is 16.1. The number of imidazole rings is 1. The van der Waals surface area contributed by atoms with Crippen LogP contribution in [0.2, 0.25) is 0 Å². The van der Waals surface area contributed by atoms with Crippen molar-refractivity contribution in [1.82, 2.24) is 24.3 Å². The number of fused-ring (bicyclic) bond motifs is 5. The van der Waals surface area contributed by atoms with Gasteiger partial charge in [0.15, 0.2) is 0 Å². The van der Waals surface area contributed by atoms with E-state index < -0.39 is 0 Å². The van der Waals surface area contributed by atoms with Crippen molar-refractivity contribution in [3.8, 4) is 23.0 Å². The van der Waals surface area contributed by atoms with Gasteiger partial charge in [-0.25, -0.2) is 9.97 Å². The quantitative estimate of drug-likeness (QED) is 0.427. The van der Waals surface area contributed by atoms with Gasteiger partial charge in [0, 0.05) is 56.4 Å². The molecule has 1 saturated heterocycles. The number of carbonyl (C=O) groups excluding carboxylic acids is 2. The molecule has 3 aliphatic rings. The zero-order valence-electron chi connectivity index (χ0n) is 26.4. The summed E-state index contributed by atoms with van der Waals surface area (Å²) in [7, 11) is 1.58. The van der Waals surface area contributed by atoms with E-state index in [1.54, 1.807) is 13.3 Å². The Morgan fingerprint density at radius 2 is 1.78 bits per heavy atom. The molecule has 6 rings (SSSR count). The van der Waals surface area contributed by atoms with Gasteiger partial charge in [0.25, 0.3) is 18.3 Å². The minimum Gasteiger partial charge on any atom is -0.492 e. The van der Waals surface area contributed by atoms with Gasteiger partial charge in [-0.3, -0.25) is 14.4 Å². The minimum atomic E-state index is -0.380. The lowest BCUT2D eigenvalue weighted by Crippen LogP contribution is -2.42. The Morgan fingerprint density at radius 1 is 0.978 bits per heavy atom. The van der Waals surface area contributed by atoms with Gasteiger partial charge < -0.3 is 33.7 Å². The lowest BCUT2D eigenvalue weighted by Gasteiger charge is -2.27. The average Bonchev–Trinajstić information content (AvgIpc) is 3.86. The van der Waals surface area contributed by atoms with Crippen LogP contribution in [-0.4, -0.2) is 100 Å². The Morgan fingerprint density at radius 3 is 2.57 bits per heavy atom. The first kappa shape index (κ1) is 32.9. The summed E-state index contributed by atoms with van der Waals surface area (Å²) in [5.74, 6) is 1.97. The molecule has 1 aliphatic carbocycles. The molecule has 0 saturated carbocycles. The fraction of sp³-hybridized carbons (Fsp3) is 0.500. The van der Waals surface area contributed by atoms with Gasteiger partial charge in [0.2, 0.25) is 5.88 Å². The van der Waals surface area contributed by atoms with E-state index in [1.165, 1.54) is 0 Å². The average molecular weight is 634 g/mol. The standard InChI is InChI=1S/C33H41N5O5.CH2O2/c1-41-31-27(23-24-8-5-11-28(24)35-31)32(39)37-14-2-3-15-38(33(40)29-12-6-20-43-29)19-21-42-26-10-4-9-25(22-26)30-34-13-18-36(30)16-7-17-37;2-1-3/h4,9-10,13,18,22-23,29H,2-3,5-8,11-12,14-17,19-21H2,1H3;1H,(H,2,3). The molecule has 2 bridgehead atoms. The fourth-order valence-electron chi connectivity index (χ4n) is 6.34. The number of aryl methyl sites for hydroxylation is 3. The smallest absolute Gasteiger partial charge is 0.290 e. The summed E-state index contributed by atoms with van der Waals surface area (Å²) in [5, 5.41) is 6.89. The van der Waals surface area contributed by atoms with Gasteiger partial charge in [-0.15, -0.1) is 0 Å². The molecular formula is C34H43N5O7. The fourth-order valence-corrected chi connectivity index (χ4v) is 6.34. The lowest BCUT2D eigenvalue weighted by atomic mass is 10.1. The monoisotopic (exact) mass is 633 g/mol. The van der Waals surface area contributed by atoms with Gasteiger partial charge in [-0.2, -0.15) is 0 Å². The number of amides is 2. The van der Waals surface area contributed by atoms with Gasteiger partial charge in [-0.05, 0) is 75.1 Å². The molecule has 1 fully saturated rings. The first-order valence-corrected chi connectivity index (χ1v) is 16.1. The molecule has 1 atom stereocenters. The van der Waals surface area contributed by atoms with Gasteiger partial charge in [-0.1, -0.05) is 12.1 Å². The zero-order chi connectivity index (χ0) is 32.3. The molecule has 246 valence electrons. The molecule has 3 aromatic rings. The maximum Gasteiger partial charge on any atom is 0.290 e. The van der Waals surface area contributed by atoms with Crippen LogP contribution in [0.3, 0.4) is 0 Å². The number of carbonyl (C=O) groups is 3. The summed E-state index contributed by atoms with van der Waals surface area (Å²) in [6.07, 6.45) is 10.3. The van der Waals surface area contributed by atoms with Crippen LogP contribution in [0.15, 0.2) is 42.7 Å². The Hall–Kier alpha value is -4.45. The number of carboxylic acid groups (broad SMARTS) is 1. The van der Waals surface area contributed by atoms with Crippen LogP contribution in [0.5, 0.6) is 11.6 Å². The van der Waals surface area contributed by atoms with E-state index in [1.807, 2.05) is 46.3 Å². The lowest BCUT2D eigenvalue weighted by molar-refractivity contribution is -0.141. The molecule has 12 heteroatoms. The van der Waals surface area contributed by atoms with Crippen molar-refractivity contribution in [1.29, 1.82) is 0 Å². The Balaban J connectivity index is 0.00000134. The number of methoxy groups -OCH3 is 1. The highest BCUT2D eigenvalue weighted by molar-refractivity contribution is 5.96. The number of pyridine rings is 1. The number of aromatic nitrogens is 3. The molecule has 0 radical (unpaired) electrons. The minimum absolute atomic E-state index is 0.0247. The summed E-state index contributed by atoms with van der Waals surface area (Å²) >= 11 is 0. The Labute approximate surface area is 269 Å². The number of rotatable bonds is 3. The van der Waals surface area contributed by atoms with Crippen LogP contribution in [0.4, 0.5) is 0 Å². The van der Waals surface area contributed by atoms with E-state index in [0.717, 1.165) is 79.8 Å². The highest BCUT2D eigenvalue weighted by atomic mass is 16.5. The summed E-state index contributed by atoms with van der Waals surface area (Å²) in [4.78, 5) is 48.8. The van der Waals surface area contributed by atoms with E-state index in [4.69, 9.17) is 29.1 Å². The van der Waals surface area contributed by atoms with Crippen LogP contribution in [-0.2, 0) is 33.7 Å². The van der Waals surface area contributed by atoms with E-state index in [2.05, 4.69) is 9.55 Å². The summed E-state index contributed by atoms with van der Waals surface area (Å²) in [6.45, 7) is 3.69. The second-order valence-electron chi connectivity index (χ2n) is 11.6. The number of hydrogen-bond donors (Lipinski definition) is 1. The maximum atomic E-state index is 14.0. The van der Waals surface area contributed by atoms with Crippen molar-refractivity contribution in [2.75, 3.05) is 46.5 Å². The second-order valence-corrected chi connectivity index (χ2v) is 11.6. The van der Waals surface area contributed by atoms with Crippen molar-refractivity contribution in [3.05, 3.63) is 59.5 Å². The molecule has 1 unspecified atom stereocenters. The van der Waals surface area contributed by atoms with Crippen LogP contribution < -0.4 is 9.47 Å². The van der Waals surface area contributed by atoms with E-state index >= 15 is 0 Å². The number of hydrogen-bond acceptors (Lipinski definition) is 8. The Bertz CT molecular complexity index is 1490. The topological polar surface area (TPSA) is 136 Å². The first-order chi connectivity index (χ1) is 22.5. The van der Waals surface area contributed by atoms with E-state index in [9.17, 15) is 9.59 Å². The summed E-state index contributed by atoms with van der Waals surface area (Å²) in [6, 6.07) is 9.90. The van der Waals surface area contributed by atoms with Crippen LogP contribution in [0, 0.1) is 0 Å². The van der Waals surface area contributed by atoms with Crippen molar-refractivity contribution in [2.24, 2.45) is 0 Å². The number of benzene rings is 1. The molecule has 2 aromatic heterocycles. The van der Waals surface area contributed by atoms with Crippen molar-refractivity contribution in [3.63, 3.8) is 0 Å². The van der Waals surface area contributed by atoms with Gasteiger partial charge in [0.1, 0.15) is 29.8 Å². The molecule has 0 spiro atoms. The third-order valence-corrected chi connectivity index (χ3v) is 8.61. The van der Waals surface area contributed by atoms with Crippen LogP contribution in [0.25, 0.3) is 11.4 Å². The third kappa shape index (κ3) is 8.03. The van der Waals surface area contributed by atoms with Crippen molar-refractivity contribution >= 4 is 18.3 Å². The zero-order valence-corrected chi connectivity index (χ0v) is 26.4. The highest BCUT2D eigenvalue weighted by Crippen LogP contribution is 2.28. The van der Waals surface area contributed by atoms with Gasteiger partial charge in [0.05, 0.1) is 13.7 Å². The number of ether oxygens (including phenoxy) is 3. The predicted octanol–water partition coefficient (Wildman–Crippen LogP) is 3.86. The molecule has 1 N–H and O–H groups in total. The summed E-state index contributed by atoms with van der Waals surface area (Å²) < 4.78 is 19.6. The largest absolute Gasteiger partial charge is 0.492 e. The second kappa shape index (κ2) is 16.2. The van der Waals surface area contributed by atoms with E-state index in [-0.39, 0.29) is 24.4 Å². The molecule has 4 heterocycles. The third-order valence-electron chi connectivity index (χ3n) is 8.61. The van der Waals surface area contributed by atoms with Crippen molar-refractivity contribution < 1.29 is 33.7 Å². The highest BCUT2D eigenvalue weighted by Gasteiger charge is 2.29. The SMILES string of the molecule is COc1nc2c(cc1C(=O)N1CCCCN(C(=O)C3CCCO3)CCOc3cccc(c3)-c3nccn3CCC1)CCC2.O=CO.